The molecule has 0 aliphatic carbocycles. The van der Waals surface area contributed by atoms with E-state index < -0.39 is 57.6 Å². The van der Waals surface area contributed by atoms with Crippen LogP contribution in [-0.4, -0.2) is 59.3 Å². The molecule has 16 heteroatoms. The number of fused-ring (bicyclic) bond motifs is 1. The van der Waals surface area contributed by atoms with E-state index in [1.54, 1.807) is 23.0 Å². The number of hydrogen-bond donors (Lipinski definition) is 1. The van der Waals surface area contributed by atoms with Gasteiger partial charge in [0.1, 0.15) is 30.4 Å². The lowest BCUT2D eigenvalue weighted by atomic mass is 10.1. The summed E-state index contributed by atoms with van der Waals surface area (Å²) in [4.78, 5) is 11.7. The van der Waals surface area contributed by atoms with Crippen molar-refractivity contribution in [2.75, 3.05) is 18.4 Å². The predicted octanol–water partition coefficient (Wildman–Crippen LogP) is 5.19. The van der Waals surface area contributed by atoms with Crippen LogP contribution < -0.4 is 9.46 Å². The van der Waals surface area contributed by atoms with E-state index >= 15 is 4.39 Å². The van der Waals surface area contributed by atoms with Crippen molar-refractivity contribution in [2.45, 2.75) is 37.3 Å². The molecule has 0 bridgehead atoms. The van der Waals surface area contributed by atoms with Crippen molar-refractivity contribution in [3.63, 3.8) is 0 Å². The number of hydrogen-bond acceptors (Lipinski definition) is 8. The Labute approximate surface area is 246 Å². The molecule has 11 nitrogen and oxygen atoms in total. The Bertz CT molecular complexity index is 1910. The molecule has 0 radical (unpaired) electrons. The van der Waals surface area contributed by atoms with Gasteiger partial charge in [-0.3, -0.25) is 4.72 Å². The highest BCUT2D eigenvalue weighted by atomic mass is 32.2. The molecule has 0 unspecified atom stereocenters. The van der Waals surface area contributed by atoms with Crippen LogP contribution in [0.5, 0.6) is 5.88 Å². The van der Waals surface area contributed by atoms with Crippen LogP contribution in [0.2, 0.25) is 25.7 Å². The van der Waals surface area contributed by atoms with Crippen LogP contribution in [0.15, 0.2) is 60.1 Å². The molecule has 0 aliphatic heterocycles. The van der Waals surface area contributed by atoms with Crippen LogP contribution in [0.4, 0.5) is 18.9 Å². The predicted molar refractivity (Wildman–Crippen MR) is 155 cm³/mol. The highest BCUT2D eigenvalue weighted by Gasteiger charge is 2.26. The molecule has 0 aliphatic rings. The van der Waals surface area contributed by atoms with E-state index in [2.05, 4.69) is 39.7 Å². The van der Waals surface area contributed by atoms with Gasteiger partial charge in [0, 0.05) is 33.1 Å². The molecule has 0 spiro atoms. The normalized spacial score (nSPS) is 12.2. The minimum atomic E-state index is -4.58. The summed E-state index contributed by atoms with van der Waals surface area (Å²) in [6.45, 7) is 7.71. The van der Waals surface area contributed by atoms with E-state index in [0.717, 1.165) is 31.5 Å². The number of aromatic nitrogens is 6. The molecule has 5 rings (SSSR count). The number of nitrogens with zero attached hydrogens (tertiary/aromatic N) is 6. The summed E-state index contributed by atoms with van der Waals surface area (Å²) in [5.74, 6) is -3.04. The number of sulfonamides is 1. The zero-order valence-electron chi connectivity index (χ0n) is 23.7. The first kappa shape index (κ1) is 30.2. The largest absolute Gasteiger partial charge is 0.480 e. The second-order valence-corrected chi connectivity index (χ2v) is 18.0. The van der Waals surface area contributed by atoms with Gasteiger partial charge in [0.2, 0.25) is 5.88 Å². The van der Waals surface area contributed by atoms with Gasteiger partial charge in [-0.05, 0) is 30.3 Å². The fourth-order valence-corrected chi connectivity index (χ4v) is 6.14. The van der Waals surface area contributed by atoms with Gasteiger partial charge in [-0.25, -0.2) is 41.1 Å². The summed E-state index contributed by atoms with van der Waals surface area (Å²) >= 11 is 0. The number of ether oxygens (including phenoxy) is 2. The Balaban J connectivity index is 1.44. The molecule has 0 fully saturated rings. The van der Waals surface area contributed by atoms with E-state index in [9.17, 15) is 17.2 Å². The van der Waals surface area contributed by atoms with Crippen molar-refractivity contribution in [3.05, 3.63) is 72.7 Å². The summed E-state index contributed by atoms with van der Waals surface area (Å²) < 4.78 is 86.2. The van der Waals surface area contributed by atoms with Crippen molar-refractivity contribution < 1.29 is 31.1 Å². The third-order valence-corrected chi connectivity index (χ3v) is 9.48. The summed E-state index contributed by atoms with van der Waals surface area (Å²) in [6.07, 6.45) is 5.54. The first-order valence-electron chi connectivity index (χ1n) is 13.0. The number of anilines is 1. The van der Waals surface area contributed by atoms with Crippen molar-refractivity contribution >= 4 is 29.3 Å². The van der Waals surface area contributed by atoms with E-state index in [-0.39, 0.29) is 12.4 Å². The third kappa shape index (κ3) is 6.40. The van der Waals surface area contributed by atoms with E-state index in [4.69, 9.17) is 9.47 Å². The number of benzene rings is 1. The van der Waals surface area contributed by atoms with Crippen LogP contribution in [0.25, 0.3) is 28.3 Å². The fourth-order valence-electron chi connectivity index (χ4n) is 4.19. The molecule has 0 amide bonds. The quantitative estimate of drug-likeness (QED) is 0.156. The van der Waals surface area contributed by atoms with Gasteiger partial charge in [0.15, 0.2) is 16.5 Å². The lowest BCUT2D eigenvalue weighted by Gasteiger charge is -2.16. The summed E-state index contributed by atoms with van der Waals surface area (Å²) in [6, 6.07) is 6.45. The highest BCUT2D eigenvalue weighted by Crippen LogP contribution is 2.33. The van der Waals surface area contributed by atoms with Gasteiger partial charge in [-0.2, -0.15) is 5.10 Å². The molecule has 43 heavy (non-hydrogen) atoms. The molecule has 1 N–H and O–H groups in total. The molecule has 4 heterocycles. The van der Waals surface area contributed by atoms with Crippen LogP contribution in [0.3, 0.4) is 0 Å². The van der Waals surface area contributed by atoms with Crippen LogP contribution in [0.1, 0.15) is 0 Å². The SMILES string of the molecule is COc1ncc(F)cc1S(=O)(=O)Nc1ccc(F)c(-c2ccc3c(-c4nccn4COCC[Si](C)(C)C)ncn3n2)c1F. The Hall–Kier alpha value is -4.28. The molecule has 5 aromatic rings. The molecule has 0 saturated carbocycles. The topological polar surface area (TPSA) is 126 Å². The minimum absolute atomic E-state index is 0.129. The number of methoxy groups -OCH3 is 1. The van der Waals surface area contributed by atoms with E-state index in [1.807, 2.05) is 4.72 Å². The maximum atomic E-state index is 15.7. The summed E-state index contributed by atoms with van der Waals surface area (Å²) in [5.41, 5.74) is -0.304. The summed E-state index contributed by atoms with van der Waals surface area (Å²) in [5, 5.41) is 4.32. The molecule has 0 saturated heterocycles. The van der Waals surface area contributed by atoms with Crippen molar-refractivity contribution in [2.24, 2.45) is 0 Å². The average Bonchev–Trinajstić information content (AvgIpc) is 3.58. The lowest BCUT2D eigenvalue weighted by molar-refractivity contribution is 0.0882. The monoisotopic (exact) mass is 631 g/mol. The standard InChI is InChI=1S/C27H28F3N7O4SSi/c1-40-27-22(13-17(28)14-32-27)42(38,39)35-20-6-5-18(29)23(24(20)30)19-7-8-21-25(33-15-37(21)34-19)26-31-9-10-36(26)16-41-11-12-43(2,3)4/h5-10,13-15,35H,11-12,16H2,1-4H3. The van der Waals surface area contributed by atoms with Gasteiger partial charge in [0.25, 0.3) is 10.0 Å². The van der Waals surface area contributed by atoms with Crippen molar-refractivity contribution in [3.8, 4) is 28.7 Å². The van der Waals surface area contributed by atoms with Gasteiger partial charge in [0.05, 0.1) is 35.8 Å². The Morgan fingerprint density at radius 2 is 1.84 bits per heavy atom. The second-order valence-electron chi connectivity index (χ2n) is 10.8. The smallest absolute Gasteiger partial charge is 0.267 e. The Morgan fingerprint density at radius 3 is 2.58 bits per heavy atom. The van der Waals surface area contributed by atoms with E-state index in [1.165, 1.54) is 16.9 Å². The number of halogens is 3. The van der Waals surface area contributed by atoms with Gasteiger partial charge in [-0.15, -0.1) is 0 Å². The molecular formula is C27H28F3N7O4SSi. The van der Waals surface area contributed by atoms with Crippen molar-refractivity contribution in [1.82, 2.24) is 29.1 Å². The molecule has 1 aromatic carbocycles. The molecule has 4 aromatic heterocycles. The highest BCUT2D eigenvalue weighted by molar-refractivity contribution is 7.92. The first-order chi connectivity index (χ1) is 20.4. The molecule has 226 valence electrons. The van der Waals surface area contributed by atoms with Crippen molar-refractivity contribution in [1.29, 1.82) is 0 Å². The maximum Gasteiger partial charge on any atom is 0.267 e. The fraction of sp³-hybridized carbons (Fsp3) is 0.259. The lowest BCUT2D eigenvalue weighted by Crippen LogP contribution is -2.22. The van der Waals surface area contributed by atoms with Crippen LogP contribution >= 0.6 is 0 Å². The van der Waals surface area contributed by atoms with Gasteiger partial charge in [-0.1, -0.05) is 19.6 Å². The Kier molecular flexibility index (Phi) is 8.26. The number of nitrogens with one attached hydrogen (secondary N) is 1. The van der Waals surface area contributed by atoms with Crippen LogP contribution in [0, 0.1) is 17.5 Å². The summed E-state index contributed by atoms with van der Waals surface area (Å²) in [7, 11) is -4.68. The maximum absolute atomic E-state index is 15.7. The third-order valence-electron chi connectivity index (χ3n) is 6.41. The number of pyridine rings is 1. The average molecular weight is 632 g/mol. The number of rotatable bonds is 11. The Morgan fingerprint density at radius 1 is 1.05 bits per heavy atom. The second kappa shape index (κ2) is 11.8. The van der Waals surface area contributed by atoms with Gasteiger partial charge >= 0.3 is 0 Å². The van der Waals surface area contributed by atoms with Gasteiger partial charge < -0.3 is 14.0 Å². The molecule has 0 atom stereocenters. The van der Waals surface area contributed by atoms with E-state index in [0.29, 0.717) is 29.7 Å². The zero-order valence-corrected chi connectivity index (χ0v) is 25.5. The van der Waals surface area contributed by atoms with Crippen LogP contribution in [-0.2, 0) is 21.5 Å². The molecular weight excluding hydrogens is 603 g/mol. The minimum Gasteiger partial charge on any atom is -0.480 e. The zero-order chi connectivity index (χ0) is 30.9. The number of imidazole rings is 2. The first-order valence-corrected chi connectivity index (χ1v) is 18.2.